The molecule has 0 saturated carbocycles. The average molecular weight is 164 g/mol. The van der Waals surface area contributed by atoms with Gasteiger partial charge in [-0.25, -0.2) is 0 Å². The monoisotopic (exact) mass is 164 g/mol. The first-order valence-electron chi connectivity index (χ1n) is 3.48. The Morgan fingerprint density at radius 2 is 1.75 bits per heavy atom. The van der Waals surface area contributed by atoms with Gasteiger partial charge in [-0.1, -0.05) is 38.3 Å². The first kappa shape index (κ1) is 10.7. The van der Waals surface area contributed by atoms with Gasteiger partial charge in [0.2, 0.25) is 0 Å². The molecular weight excluding hydrogens is 148 g/mol. The molecule has 0 aliphatic heterocycles. The third-order valence-corrected chi connectivity index (χ3v) is 1.56. The van der Waals surface area contributed by atoms with Crippen LogP contribution in [0.25, 0.3) is 5.70 Å². The van der Waals surface area contributed by atoms with E-state index in [0.717, 1.165) is 11.1 Å². The average Bonchev–Trinajstić information content (AvgIpc) is 2.05. The first-order valence-corrected chi connectivity index (χ1v) is 3.48. The Bertz CT molecular complexity index is 249. The smallest absolute Gasteiger partial charge is 0.0314 e. The Kier molecular flexibility index (Phi) is 4.08. The van der Waals surface area contributed by atoms with Crippen molar-refractivity contribution in [3.05, 3.63) is 42.0 Å². The molecule has 0 amide bonds. The van der Waals surface area contributed by atoms with Crippen molar-refractivity contribution in [3.63, 3.8) is 0 Å². The zero-order valence-electron chi connectivity index (χ0n) is 6.38. The fourth-order valence-corrected chi connectivity index (χ4v) is 0.855. The molecule has 0 heterocycles. The highest BCUT2D eigenvalue weighted by molar-refractivity contribution is 5.60. The summed E-state index contributed by atoms with van der Waals surface area (Å²) in [6.45, 7) is 4.19. The Balaban J connectivity index is 0.00000121. The van der Waals surface area contributed by atoms with Crippen LogP contribution in [-0.2, 0) is 6.54 Å². The van der Waals surface area contributed by atoms with E-state index in [-0.39, 0.29) is 7.43 Å². The lowest BCUT2D eigenvalue weighted by Crippen LogP contribution is -1.97. The van der Waals surface area contributed by atoms with Crippen LogP contribution < -0.4 is 11.5 Å². The van der Waals surface area contributed by atoms with Gasteiger partial charge >= 0.3 is 0 Å². The number of benzene rings is 1. The van der Waals surface area contributed by atoms with Gasteiger partial charge in [0.05, 0.1) is 0 Å². The number of hydrogen-bond donors (Lipinski definition) is 2. The molecule has 0 aromatic heterocycles. The van der Waals surface area contributed by atoms with Crippen molar-refractivity contribution in [2.24, 2.45) is 11.5 Å². The van der Waals surface area contributed by atoms with Crippen molar-refractivity contribution in [2.75, 3.05) is 0 Å². The lowest BCUT2D eigenvalue weighted by Gasteiger charge is -2.00. The topological polar surface area (TPSA) is 52.0 Å². The van der Waals surface area contributed by atoms with Crippen LogP contribution in [0.2, 0.25) is 0 Å². The zero-order chi connectivity index (χ0) is 8.27. The van der Waals surface area contributed by atoms with Crippen molar-refractivity contribution < 1.29 is 0 Å². The van der Waals surface area contributed by atoms with E-state index >= 15 is 0 Å². The molecule has 0 radical (unpaired) electrons. The summed E-state index contributed by atoms with van der Waals surface area (Å²) >= 11 is 0. The summed E-state index contributed by atoms with van der Waals surface area (Å²) < 4.78 is 0. The Morgan fingerprint density at radius 1 is 1.25 bits per heavy atom. The van der Waals surface area contributed by atoms with E-state index in [1.54, 1.807) is 0 Å². The number of hydrogen-bond acceptors (Lipinski definition) is 2. The fraction of sp³-hybridized carbons (Fsp3) is 0.200. The molecule has 0 aliphatic carbocycles. The molecule has 4 N–H and O–H groups in total. The highest BCUT2D eigenvalue weighted by Gasteiger charge is 1.92. The van der Waals surface area contributed by atoms with Gasteiger partial charge in [0.25, 0.3) is 0 Å². The van der Waals surface area contributed by atoms with Gasteiger partial charge in [0.15, 0.2) is 0 Å². The predicted molar refractivity (Wildman–Crippen MR) is 54.3 cm³/mol. The minimum atomic E-state index is 0. The van der Waals surface area contributed by atoms with Gasteiger partial charge in [0.1, 0.15) is 0 Å². The van der Waals surface area contributed by atoms with Crippen LogP contribution in [0.3, 0.4) is 0 Å². The zero-order valence-corrected chi connectivity index (χ0v) is 6.38. The first-order chi connectivity index (χ1) is 5.24. The van der Waals surface area contributed by atoms with Crippen LogP contribution in [0.1, 0.15) is 18.6 Å². The molecular formula is C10H16N2. The summed E-state index contributed by atoms with van der Waals surface area (Å²) in [6.07, 6.45) is 0. The van der Waals surface area contributed by atoms with Crippen molar-refractivity contribution in [1.29, 1.82) is 0 Å². The second kappa shape index (κ2) is 4.57. The lowest BCUT2D eigenvalue weighted by molar-refractivity contribution is 1.07. The minimum absolute atomic E-state index is 0. The molecule has 0 saturated heterocycles. The lowest BCUT2D eigenvalue weighted by atomic mass is 10.1. The highest BCUT2D eigenvalue weighted by Crippen LogP contribution is 2.07. The molecule has 66 valence electrons. The SMILES string of the molecule is C.C=C(N)c1ccc(CN)cc1. The largest absolute Gasteiger partial charge is 0.399 e. The molecule has 2 heteroatoms. The second-order valence-corrected chi connectivity index (χ2v) is 2.43. The van der Waals surface area contributed by atoms with Crippen LogP contribution in [0.5, 0.6) is 0 Å². The summed E-state index contributed by atoms with van der Waals surface area (Å²) in [5, 5.41) is 0. The van der Waals surface area contributed by atoms with E-state index < -0.39 is 0 Å². The maximum Gasteiger partial charge on any atom is 0.0314 e. The number of nitrogens with two attached hydrogens (primary N) is 2. The molecule has 1 rings (SSSR count). The quantitative estimate of drug-likeness (QED) is 0.699. The van der Waals surface area contributed by atoms with Gasteiger partial charge in [-0.15, -0.1) is 0 Å². The van der Waals surface area contributed by atoms with E-state index in [1.165, 1.54) is 0 Å². The predicted octanol–water partition coefficient (Wildman–Crippen LogP) is 1.71. The molecule has 0 fully saturated rings. The molecule has 12 heavy (non-hydrogen) atoms. The summed E-state index contributed by atoms with van der Waals surface area (Å²) in [6, 6.07) is 7.75. The Hall–Kier alpha value is -1.28. The third-order valence-electron chi connectivity index (χ3n) is 1.56. The normalized spacial score (nSPS) is 8.75. The van der Waals surface area contributed by atoms with Crippen LogP contribution in [0.15, 0.2) is 30.8 Å². The molecule has 2 nitrogen and oxygen atoms in total. The second-order valence-electron chi connectivity index (χ2n) is 2.43. The summed E-state index contributed by atoms with van der Waals surface area (Å²) in [5.41, 5.74) is 13.6. The van der Waals surface area contributed by atoms with Crippen molar-refractivity contribution in [3.8, 4) is 0 Å². The van der Waals surface area contributed by atoms with Crippen molar-refractivity contribution in [2.45, 2.75) is 14.0 Å². The maximum atomic E-state index is 5.48. The summed E-state index contributed by atoms with van der Waals surface area (Å²) in [5.74, 6) is 0. The molecule has 0 aliphatic rings. The van der Waals surface area contributed by atoms with E-state index in [2.05, 4.69) is 6.58 Å². The Morgan fingerprint density at radius 3 is 2.08 bits per heavy atom. The molecule has 1 aromatic carbocycles. The molecule has 0 atom stereocenters. The molecule has 0 spiro atoms. The van der Waals surface area contributed by atoms with Crippen molar-refractivity contribution >= 4 is 5.70 Å². The van der Waals surface area contributed by atoms with Crippen LogP contribution in [0, 0.1) is 0 Å². The summed E-state index contributed by atoms with van der Waals surface area (Å²) in [7, 11) is 0. The van der Waals surface area contributed by atoms with Gasteiger partial charge in [-0.3, -0.25) is 0 Å². The van der Waals surface area contributed by atoms with Crippen LogP contribution in [-0.4, -0.2) is 0 Å². The highest BCUT2D eigenvalue weighted by atomic mass is 14.6. The third kappa shape index (κ3) is 2.40. The molecule has 0 unspecified atom stereocenters. The fourth-order valence-electron chi connectivity index (χ4n) is 0.855. The van der Waals surface area contributed by atoms with E-state index in [1.807, 2.05) is 24.3 Å². The van der Waals surface area contributed by atoms with Gasteiger partial charge in [-0.2, -0.15) is 0 Å². The maximum absolute atomic E-state index is 5.48. The molecule has 0 bridgehead atoms. The van der Waals surface area contributed by atoms with E-state index in [9.17, 15) is 0 Å². The standard InChI is InChI=1S/C9H12N2.CH4/c1-7(11)9-4-2-8(6-10)3-5-9;/h2-5H,1,6,10-11H2;1H4. The van der Waals surface area contributed by atoms with Gasteiger partial charge in [0, 0.05) is 12.2 Å². The van der Waals surface area contributed by atoms with Gasteiger partial charge < -0.3 is 11.5 Å². The number of rotatable bonds is 2. The van der Waals surface area contributed by atoms with Crippen LogP contribution in [0.4, 0.5) is 0 Å². The van der Waals surface area contributed by atoms with Crippen LogP contribution >= 0.6 is 0 Å². The van der Waals surface area contributed by atoms with Crippen molar-refractivity contribution in [1.82, 2.24) is 0 Å². The minimum Gasteiger partial charge on any atom is -0.399 e. The summed E-state index contributed by atoms with van der Waals surface area (Å²) in [4.78, 5) is 0. The Labute approximate surface area is 73.9 Å². The van der Waals surface area contributed by atoms with Gasteiger partial charge in [-0.05, 0) is 11.1 Å². The molecule has 1 aromatic rings. The van der Waals surface area contributed by atoms with E-state index in [4.69, 9.17) is 11.5 Å². The van der Waals surface area contributed by atoms with E-state index in [0.29, 0.717) is 12.2 Å².